The molecule has 0 radical (unpaired) electrons. The van der Waals surface area contributed by atoms with E-state index in [1.807, 2.05) is 0 Å². The second kappa shape index (κ2) is 6.97. The van der Waals surface area contributed by atoms with Gasteiger partial charge in [0.1, 0.15) is 0 Å². The van der Waals surface area contributed by atoms with E-state index < -0.39 is 21.9 Å². The number of nitrogens with zero attached hydrogens (tertiary/aromatic N) is 2. The fraction of sp³-hybridized carbons (Fsp3) is 0.278. The molecule has 0 aliphatic carbocycles. The van der Waals surface area contributed by atoms with E-state index in [9.17, 15) is 18.3 Å². The number of aromatic nitrogens is 1. The van der Waals surface area contributed by atoms with Crippen LogP contribution in [0.3, 0.4) is 0 Å². The summed E-state index contributed by atoms with van der Waals surface area (Å²) < 4.78 is 34.0. The maximum atomic E-state index is 13.2. The van der Waals surface area contributed by atoms with Crippen molar-refractivity contribution in [3.05, 3.63) is 59.1 Å². The summed E-state index contributed by atoms with van der Waals surface area (Å²) in [6.45, 7) is 1.71. The van der Waals surface area contributed by atoms with Gasteiger partial charge in [-0.1, -0.05) is 25.1 Å². The normalized spacial score (nSPS) is 13.0. The van der Waals surface area contributed by atoms with Crippen LogP contribution in [0.2, 0.25) is 0 Å². The number of aliphatic hydroxyl groups excluding tert-OH is 1. The lowest BCUT2D eigenvalue weighted by Gasteiger charge is -2.26. The number of oxazole rings is 1. The number of hydrogen-bond acceptors (Lipinski definition) is 5. The number of rotatable bonds is 6. The van der Waals surface area contributed by atoms with Crippen molar-refractivity contribution in [2.24, 2.45) is 7.05 Å². The van der Waals surface area contributed by atoms with Gasteiger partial charge in [0.05, 0.1) is 28.7 Å². The highest BCUT2D eigenvalue weighted by Gasteiger charge is 2.27. The highest BCUT2D eigenvalue weighted by Crippen LogP contribution is 2.26. The Labute approximate surface area is 151 Å². The van der Waals surface area contributed by atoms with Crippen LogP contribution in [0, 0.1) is 0 Å². The van der Waals surface area contributed by atoms with E-state index in [1.165, 1.54) is 27.1 Å². The SMILES string of the molecule is CCC(O)CN(c1ccccc1)S(=O)(=O)c1ccc2c(c1)oc(=O)n2C. The van der Waals surface area contributed by atoms with Crippen LogP contribution in [0.4, 0.5) is 5.69 Å². The van der Waals surface area contributed by atoms with Crippen molar-refractivity contribution in [2.75, 3.05) is 10.8 Å². The smallest absolute Gasteiger partial charge is 0.408 e. The van der Waals surface area contributed by atoms with Gasteiger partial charge in [0.2, 0.25) is 0 Å². The fourth-order valence-electron chi connectivity index (χ4n) is 2.66. The summed E-state index contributed by atoms with van der Waals surface area (Å²) in [4.78, 5) is 11.6. The highest BCUT2D eigenvalue weighted by atomic mass is 32.2. The van der Waals surface area contributed by atoms with Crippen molar-refractivity contribution in [2.45, 2.75) is 24.3 Å². The van der Waals surface area contributed by atoms with Gasteiger partial charge in [-0.15, -0.1) is 0 Å². The number of aliphatic hydroxyl groups is 1. The molecule has 7 nitrogen and oxygen atoms in total. The topological polar surface area (TPSA) is 92.8 Å². The number of aryl methyl sites for hydroxylation is 1. The molecule has 0 fully saturated rings. The van der Waals surface area contributed by atoms with Gasteiger partial charge in [-0.25, -0.2) is 13.2 Å². The number of sulfonamides is 1. The van der Waals surface area contributed by atoms with Crippen molar-refractivity contribution >= 4 is 26.8 Å². The van der Waals surface area contributed by atoms with Gasteiger partial charge in [0, 0.05) is 13.1 Å². The molecule has 1 unspecified atom stereocenters. The molecule has 1 N–H and O–H groups in total. The number of benzene rings is 2. The van der Waals surface area contributed by atoms with Crippen LogP contribution >= 0.6 is 0 Å². The summed E-state index contributed by atoms with van der Waals surface area (Å²) in [5, 5.41) is 10.0. The van der Waals surface area contributed by atoms with Crippen LogP contribution in [-0.4, -0.2) is 30.7 Å². The Hall–Kier alpha value is -2.58. The molecular formula is C18H20N2O5S. The molecule has 26 heavy (non-hydrogen) atoms. The Morgan fingerprint density at radius 2 is 1.88 bits per heavy atom. The quantitative estimate of drug-likeness (QED) is 0.711. The van der Waals surface area contributed by atoms with E-state index in [4.69, 9.17) is 4.42 Å². The van der Waals surface area contributed by atoms with Gasteiger partial charge in [-0.2, -0.15) is 0 Å². The molecule has 0 bridgehead atoms. The first-order valence-electron chi connectivity index (χ1n) is 8.20. The third kappa shape index (κ3) is 3.25. The molecule has 3 rings (SSSR count). The Bertz CT molecular complexity index is 1070. The lowest BCUT2D eigenvalue weighted by molar-refractivity contribution is 0.179. The largest absolute Gasteiger partial charge is 0.419 e. The van der Waals surface area contributed by atoms with Crippen LogP contribution in [0.25, 0.3) is 11.1 Å². The summed E-state index contributed by atoms with van der Waals surface area (Å²) in [5.74, 6) is -0.559. The summed E-state index contributed by atoms with van der Waals surface area (Å²) in [5.41, 5.74) is 1.16. The van der Waals surface area contributed by atoms with E-state index in [-0.39, 0.29) is 17.0 Å². The molecule has 1 heterocycles. The van der Waals surface area contributed by atoms with Gasteiger partial charge in [0.25, 0.3) is 10.0 Å². The van der Waals surface area contributed by atoms with Crippen molar-refractivity contribution in [1.29, 1.82) is 0 Å². The lowest BCUT2D eigenvalue weighted by atomic mass is 10.2. The summed E-state index contributed by atoms with van der Waals surface area (Å²) in [6, 6.07) is 12.9. The monoisotopic (exact) mass is 376 g/mol. The van der Waals surface area contributed by atoms with Crippen molar-refractivity contribution in [3.63, 3.8) is 0 Å². The van der Waals surface area contributed by atoms with E-state index in [0.717, 1.165) is 0 Å². The zero-order chi connectivity index (χ0) is 18.9. The molecule has 3 aromatic rings. The maximum absolute atomic E-state index is 13.2. The van der Waals surface area contributed by atoms with Crippen LogP contribution < -0.4 is 10.1 Å². The maximum Gasteiger partial charge on any atom is 0.419 e. The Morgan fingerprint density at radius 1 is 1.19 bits per heavy atom. The molecule has 2 aromatic carbocycles. The second-order valence-electron chi connectivity index (χ2n) is 5.99. The number of para-hydroxylation sites is 1. The standard InChI is InChI=1S/C18H20N2O5S/c1-3-14(21)12-20(13-7-5-4-6-8-13)26(23,24)15-9-10-16-17(11-15)25-18(22)19(16)2/h4-11,14,21H,3,12H2,1-2H3. The minimum Gasteiger partial charge on any atom is -0.408 e. The van der Waals surface area contributed by atoms with Gasteiger partial charge in [0.15, 0.2) is 5.58 Å². The molecule has 0 saturated heterocycles. The molecule has 0 aliphatic rings. The summed E-state index contributed by atoms with van der Waals surface area (Å²) >= 11 is 0. The van der Waals surface area contributed by atoms with E-state index in [0.29, 0.717) is 17.6 Å². The van der Waals surface area contributed by atoms with Gasteiger partial charge in [-0.05, 0) is 30.7 Å². The van der Waals surface area contributed by atoms with Gasteiger partial charge < -0.3 is 9.52 Å². The molecule has 0 saturated carbocycles. The Kier molecular flexibility index (Phi) is 4.88. The van der Waals surface area contributed by atoms with Crippen LogP contribution in [0.15, 0.2) is 62.6 Å². The number of fused-ring (bicyclic) bond motifs is 1. The second-order valence-corrected chi connectivity index (χ2v) is 7.85. The van der Waals surface area contributed by atoms with E-state index >= 15 is 0 Å². The van der Waals surface area contributed by atoms with Crippen molar-refractivity contribution in [3.8, 4) is 0 Å². The van der Waals surface area contributed by atoms with Crippen molar-refractivity contribution in [1.82, 2.24) is 4.57 Å². The summed E-state index contributed by atoms with van der Waals surface area (Å²) in [7, 11) is -2.40. The lowest BCUT2D eigenvalue weighted by Crippen LogP contribution is -2.37. The Balaban J connectivity index is 2.11. The van der Waals surface area contributed by atoms with Crippen molar-refractivity contribution < 1.29 is 17.9 Å². The molecule has 1 atom stereocenters. The van der Waals surface area contributed by atoms with Crippen LogP contribution in [-0.2, 0) is 17.1 Å². The number of anilines is 1. The molecule has 138 valence electrons. The first kappa shape index (κ1) is 18.2. The molecule has 8 heteroatoms. The van der Waals surface area contributed by atoms with Gasteiger partial charge >= 0.3 is 5.76 Å². The molecular weight excluding hydrogens is 356 g/mol. The van der Waals surface area contributed by atoms with Crippen LogP contribution in [0.1, 0.15) is 13.3 Å². The van der Waals surface area contributed by atoms with Gasteiger partial charge in [-0.3, -0.25) is 8.87 Å². The third-order valence-corrected chi connectivity index (χ3v) is 6.03. The predicted octanol–water partition coefficient (Wildman–Crippen LogP) is 2.10. The first-order valence-corrected chi connectivity index (χ1v) is 9.64. The highest BCUT2D eigenvalue weighted by molar-refractivity contribution is 7.92. The zero-order valence-corrected chi connectivity index (χ0v) is 15.3. The van der Waals surface area contributed by atoms with E-state index in [2.05, 4.69) is 0 Å². The zero-order valence-electron chi connectivity index (χ0n) is 14.5. The fourth-order valence-corrected chi connectivity index (χ4v) is 4.18. The molecule has 0 aliphatic heterocycles. The average molecular weight is 376 g/mol. The predicted molar refractivity (Wildman–Crippen MR) is 98.7 cm³/mol. The first-order chi connectivity index (χ1) is 12.3. The molecule has 1 aromatic heterocycles. The molecule has 0 amide bonds. The summed E-state index contributed by atoms with van der Waals surface area (Å²) in [6.07, 6.45) is -0.380. The van der Waals surface area contributed by atoms with E-state index in [1.54, 1.807) is 44.3 Å². The Morgan fingerprint density at radius 3 is 2.54 bits per heavy atom. The third-order valence-electron chi connectivity index (χ3n) is 4.24. The average Bonchev–Trinajstić information content (AvgIpc) is 2.93. The minimum absolute atomic E-state index is 0.00786. The minimum atomic E-state index is -3.95. The van der Waals surface area contributed by atoms with Crippen LogP contribution in [0.5, 0.6) is 0 Å². The number of hydrogen-bond donors (Lipinski definition) is 1. The molecule has 0 spiro atoms.